The molecule has 1 aliphatic rings. The van der Waals surface area contributed by atoms with Crippen molar-refractivity contribution in [3.63, 3.8) is 0 Å². The van der Waals surface area contributed by atoms with E-state index < -0.39 is 17.6 Å². The molecule has 5 rings (SSSR count). The van der Waals surface area contributed by atoms with Gasteiger partial charge in [-0.2, -0.15) is 0 Å². The SMILES string of the molecule is O=C1CC(c2cc(F)cc(F)c2)Cc2c1cnc1[nH]n(-c3ccccc3)c(=O)c21. The second kappa shape index (κ2) is 6.48. The van der Waals surface area contributed by atoms with Crippen LogP contribution in [0.25, 0.3) is 16.7 Å². The molecule has 2 heterocycles. The Morgan fingerprint density at radius 2 is 1.72 bits per heavy atom. The molecule has 29 heavy (non-hydrogen) atoms. The van der Waals surface area contributed by atoms with Crippen molar-refractivity contribution in [2.24, 2.45) is 0 Å². The van der Waals surface area contributed by atoms with E-state index in [9.17, 15) is 18.4 Å². The van der Waals surface area contributed by atoms with Crippen molar-refractivity contribution in [1.29, 1.82) is 0 Å². The van der Waals surface area contributed by atoms with Crippen LogP contribution in [-0.2, 0) is 6.42 Å². The average Bonchev–Trinajstić information content (AvgIpc) is 3.05. The Bertz CT molecular complexity index is 1310. The Kier molecular flexibility index (Phi) is 3.91. The third-order valence-electron chi connectivity index (χ3n) is 5.37. The highest BCUT2D eigenvalue weighted by atomic mass is 19.1. The summed E-state index contributed by atoms with van der Waals surface area (Å²) in [5.74, 6) is -1.98. The molecule has 7 heteroatoms. The minimum absolute atomic E-state index is 0.111. The van der Waals surface area contributed by atoms with E-state index in [0.717, 1.165) is 6.07 Å². The summed E-state index contributed by atoms with van der Waals surface area (Å²) < 4.78 is 28.8. The van der Waals surface area contributed by atoms with E-state index in [4.69, 9.17) is 0 Å². The topological polar surface area (TPSA) is 67.8 Å². The van der Waals surface area contributed by atoms with Crippen molar-refractivity contribution in [3.8, 4) is 5.69 Å². The molecule has 0 amide bonds. The fraction of sp³-hybridized carbons (Fsp3) is 0.136. The summed E-state index contributed by atoms with van der Waals surface area (Å²) in [6.45, 7) is 0. The standard InChI is InChI=1S/C22H15F2N3O2/c23-14-6-12(7-15(24)10-14)13-8-17-18(19(28)9-13)11-25-21-20(17)22(29)27(26-21)16-4-2-1-3-5-16/h1-7,10-11,13H,8-9H2,(H,25,26). The number of carbonyl (C=O) groups is 1. The molecule has 2 aromatic carbocycles. The van der Waals surface area contributed by atoms with Gasteiger partial charge in [-0.3, -0.25) is 14.7 Å². The number of nitrogens with one attached hydrogen (secondary N) is 1. The van der Waals surface area contributed by atoms with Crippen molar-refractivity contribution in [1.82, 2.24) is 14.8 Å². The lowest BCUT2D eigenvalue weighted by Gasteiger charge is -2.24. The fourth-order valence-corrected chi connectivity index (χ4v) is 4.04. The molecule has 144 valence electrons. The molecule has 0 saturated heterocycles. The molecular weight excluding hydrogens is 376 g/mol. The van der Waals surface area contributed by atoms with Gasteiger partial charge in [-0.05, 0) is 47.7 Å². The number of pyridine rings is 1. The first-order chi connectivity index (χ1) is 14.0. The van der Waals surface area contributed by atoms with Gasteiger partial charge in [0.05, 0.1) is 11.1 Å². The first-order valence-electron chi connectivity index (χ1n) is 9.18. The minimum atomic E-state index is -0.689. The van der Waals surface area contributed by atoms with Crippen LogP contribution in [0.4, 0.5) is 8.78 Å². The molecule has 0 fully saturated rings. The number of hydrogen-bond acceptors (Lipinski definition) is 3. The molecule has 5 nitrogen and oxygen atoms in total. The quantitative estimate of drug-likeness (QED) is 0.563. The van der Waals surface area contributed by atoms with Gasteiger partial charge < -0.3 is 0 Å². The van der Waals surface area contributed by atoms with Crippen LogP contribution in [0, 0.1) is 11.6 Å². The fourth-order valence-electron chi connectivity index (χ4n) is 4.04. The Morgan fingerprint density at radius 1 is 1.00 bits per heavy atom. The molecule has 1 aliphatic carbocycles. The molecule has 0 aliphatic heterocycles. The van der Waals surface area contributed by atoms with Crippen LogP contribution in [0.3, 0.4) is 0 Å². The van der Waals surface area contributed by atoms with Crippen molar-refractivity contribution in [2.45, 2.75) is 18.8 Å². The zero-order chi connectivity index (χ0) is 20.1. The normalized spacial score (nSPS) is 16.2. The second-order valence-electron chi connectivity index (χ2n) is 7.19. The van der Waals surface area contributed by atoms with Gasteiger partial charge in [0.15, 0.2) is 11.4 Å². The van der Waals surface area contributed by atoms with E-state index in [0.29, 0.717) is 39.8 Å². The highest BCUT2D eigenvalue weighted by Crippen LogP contribution is 2.35. The number of Topliss-reactive ketones (excluding diaryl/α,β-unsaturated/α-hetero) is 1. The minimum Gasteiger partial charge on any atom is -0.294 e. The Hall–Kier alpha value is -3.61. The number of nitrogens with zero attached hydrogens (tertiary/aromatic N) is 2. The van der Waals surface area contributed by atoms with Crippen molar-refractivity contribution >= 4 is 16.8 Å². The third-order valence-corrected chi connectivity index (χ3v) is 5.37. The summed E-state index contributed by atoms with van der Waals surface area (Å²) in [6, 6.07) is 12.3. The van der Waals surface area contributed by atoms with Crippen LogP contribution in [-0.4, -0.2) is 20.5 Å². The van der Waals surface area contributed by atoms with E-state index in [2.05, 4.69) is 10.1 Å². The molecule has 0 radical (unpaired) electrons. The smallest absolute Gasteiger partial charge is 0.281 e. The number of hydrogen-bond donors (Lipinski definition) is 1. The zero-order valence-corrected chi connectivity index (χ0v) is 15.2. The molecule has 1 unspecified atom stereocenters. The van der Waals surface area contributed by atoms with Crippen LogP contribution in [0.2, 0.25) is 0 Å². The predicted octanol–water partition coefficient (Wildman–Crippen LogP) is 3.90. The number of ketones is 1. The van der Waals surface area contributed by atoms with E-state index in [1.54, 1.807) is 12.1 Å². The van der Waals surface area contributed by atoms with Crippen LogP contribution in [0.15, 0.2) is 59.5 Å². The van der Waals surface area contributed by atoms with Crippen LogP contribution in [0.5, 0.6) is 0 Å². The first kappa shape index (κ1) is 17.5. The van der Waals surface area contributed by atoms with Crippen LogP contribution in [0.1, 0.15) is 33.8 Å². The number of carbonyl (C=O) groups excluding carboxylic acids is 1. The lowest BCUT2D eigenvalue weighted by Crippen LogP contribution is -2.22. The highest BCUT2D eigenvalue weighted by Gasteiger charge is 2.30. The number of fused-ring (bicyclic) bond motifs is 3. The summed E-state index contributed by atoms with van der Waals surface area (Å²) in [6.07, 6.45) is 1.90. The summed E-state index contributed by atoms with van der Waals surface area (Å²) in [5, 5.41) is 3.31. The number of rotatable bonds is 2. The van der Waals surface area contributed by atoms with Crippen molar-refractivity contribution < 1.29 is 13.6 Å². The first-order valence-corrected chi connectivity index (χ1v) is 9.18. The number of H-pyrrole nitrogens is 1. The number of aromatic nitrogens is 3. The van der Waals surface area contributed by atoms with Gasteiger partial charge in [0, 0.05) is 24.2 Å². The third kappa shape index (κ3) is 2.86. The number of para-hydroxylation sites is 1. The zero-order valence-electron chi connectivity index (χ0n) is 15.2. The summed E-state index contributed by atoms with van der Waals surface area (Å²) in [7, 11) is 0. The van der Waals surface area contributed by atoms with Crippen LogP contribution >= 0.6 is 0 Å². The summed E-state index contributed by atoms with van der Waals surface area (Å²) in [4.78, 5) is 30.1. The van der Waals surface area contributed by atoms with E-state index >= 15 is 0 Å². The van der Waals surface area contributed by atoms with Gasteiger partial charge in [-0.15, -0.1) is 0 Å². The van der Waals surface area contributed by atoms with Crippen LogP contribution < -0.4 is 5.56 Å². The van der Waals surface area contributed by atoms with Gasteiger partial charge in [0.25, 0.3) is 5.56 Å². The summed E-state index contributed by atoms with van der Waals surface area (Å²) >= 11 is 0. The van der Waals surface area contributed by atoms with Gasteiger partial charge in [0.2, 0.25) is 0 Å². The maximum atomic E-state index is 13.7. The number of benzene rings is 2. The average molecular weight is 391 g/mol. The number of aromatic amines is 1. The summed E-state index contributed by atoms with van der Waals surface area (Å²) in [5.41, 5.74) is 2.07. The molecule has 4 aromatic rings. The van der Waals surface area contributed by atoms with Gasteiger partial charge in [-0.1, -0.05) is 18.2 Å². The molecule has 1 N–H and O–H groups in total. The van der Waals surface area contributed by atoms with E-state index in [1.807, 2.05) is 18.2 Å². The van der Waals surface area contributed by atoms with E-state index in [1.165, 1.54) is 23.0 Å². The monoisotopic (exact) mass is 391 g/mol. The van der Waals surface area contributed by atoms with E-state index in [-0.39, 0.29) is 17.8 Å². The highest BCUT2D eigenvalue weighted by molar-refractivity contribution is 6.02. The van der Waals surface area contributed by atoms with Crippen molar-refractivity contribution in [2.75, 3.05) is 0 Å². The molecule has 0 bridgehead atoms. The molecule has 0 spiro atoms. The maximum Gasteiger partial charge on any atom is 0.281 e. The Labute approximate surface area is 163 Å². The lowest BCUT2D eigenvalue weighted by molar-refractivity contribution is 0.0964. The van der Waals surface area contributed by atoms with Gasteiger partial charge >= 0.3 is 0 Å². The second-order valence-corrected chi connectivity index (χ2v) is 7.19. The molecular formula is C22H15F2N3O2. The molecule has 0 saturated carbocycles. The largest absolute Gasteiger partial charge is 0.294 e. The van der Waals surface area contributed by atoms with Gasteiger partial charge in [-0.25, -0.2) is 18.4 Å². The lowest BCUT2D eigenvalue weighted by atomic mass is 9.79. The Morgan fingerprint density at radius 3 is 2.45 bits per heavy atom. The maximum absolute atomic E-state index is 13.7. The van der Waals surface area contributed by atoms with Gasteiger partial charge in [0.1, 0.15) is 11.6 Å². The number of halogens is 2. The Balaban J connectivity index is 1.68. The predicted molar refractivity (Wildman–Crippen MR) is 103 cm³/mol. The van der Waals surface area contributed by atoms with Crippen molar-refractivity contribution in [3.05, 3.63) is 93.4 Å². The molecule has 2 aromatic heterocycles. The molecule has 1 atom stereocenters.